The van der Waals surface area contributed by atoms with E-state index in [9.17, 15) is 10.1 Å². The van der Waals surface area contributed by atoms with Gasteiger partial charge in [-0.25, -0.2) is 0 Å². The first-order chi connectivity index (χ1) is 12.4. The van der Waals surface area contributed by atoms with Crippen molar-refractivity contribution in [1.82, 2.24) is 9.88 Å². The summed E-state index contributed by atoms with van der Waals surface area (Å²) in [5.41, 5.74) is 2.52. The van der Waals surface area contributed by atoms with Gasteiger partial charge in [0, 0.05) is 22.8 Å². The summed E-state index contributed by atoms with van der Waals surface area (Å²) < 4.78 is 2.60. The van der Waals surface area contributed by atoms with Crippen LogP contribution in [-0.4, -0.2) is 10.5 Å². The summed E-state index contributed by atoms with van der Waals surface area (Å²) in [7, 11) is 0. The van der Waals surface area contributed by atoms with E-state index in [4.69, 9.17) is 23.8 Å². The molecule has 132 valence electrons. The van der Waals surface area contributed by atoms with Crippen LogP contribution in [0.1, 0.15) is 43.5 Å². The molecule has 0 aliphatic carbocycles. The van der Waals surface area contributed by atoms with E-state index in [0.717, 1.165) is 11.1 Å². The van der Waals surface area contributed by atoms with Gasteiger partial charge in [-0.05, 0) is 49.6 Å². The molecule has 1 atom stereocenters. The molecule has 1 aromatic heterocycles. The lowest BCUT2D eigenvalue weighted by Gasteiger charge is -2.27. The highest BCUT2D eigenvalue weighted by atomic mass is 35.5. The fourth-order valence-electron chi connectivity index (χ4n) is 3.13. The molecule has 0 saturated heterocycles. The summed E-state index contributed by atoms with van der Waals surface area (Å²) in [6.07, 6.45) is 2.42. The van der Waals surface area contributed by atoms with Crippen molar-refractivity contribution in [2.45, 2.75) is 32.4 Å². The molecule has 4 nitrogen and oxygen atoms in total. The fourth-order valence-corrected chi connectivity index (χ4v) is 3.72. The number of carbonyl (C=O) groups is 1. The maximum atomic E-state index is 12.5. The minimum Gasteiger partial charge on any atom is -0.344 e. The van der Waals surface area contributed by atoms with E-state index in [1.54, 1.807) is 12.1 Å². The lowest BCUT2D eigenvalue weighted by molar-refractivity contribution is -0.118. The molecule has 1 amide bonds. The monoisotopic (exact) mass is 383 g/mol. The smallest absolute Gasteiger partial charge is 0.262 e. The number of hydrogen-bond donors (Lipinski definition) is 1. The highest BCUT2D eigenvalue weighted by molar-refractivity contribution is 7.71. The largest absolute Gasteiger partial charge is 0.344 e. The van der Waals surface area contributed by atoms with E-state index in [0.29, 0.717) is 21.7 Å². The van der Waals surface area contributed by atoms with E-state index in [-0.39, 0.29) is 23.6 Å². The number of rotatable bonds is 3. The summed E-state index contributed by atoms with van der Waals surface area (Å²) in [4.78, 5) is 12.5. The van der Waals surface area contributed by atoms with Crippen molar-refractivity contribution < 1.29 is 4.79 Å². The van der Waals surface area contributed by atoms with Gasteiger partial charge in [0.05, 0.1) is 6.04 Å². The van der Waals surface area contributed by atoms with Gasteiger partial charge in [-0.2, -0.15) is 5.26 Å². The number of benzene rings is 1. The Labute approximate surface area is 162 Å². The number of nitriles is 1. The first-order valence-corrected chi connectivity index (χ1v) is 9.12. The lowest BCUT2D eigenvalue weighted by Crippen LogP contribution is -2.34. The molecule has 2 aromatic rings. The Kier molecular flexibility index (Phi) is 5.26. The van der Waals surface area contributed by atoms with E-state index < -0.39 is 0 Å². The minimum atomic E-state index is -0.372. The average Bonchev–Trinajstić information content (AvgIpc) is 2.61. The van der Waals surface area contributed by atoms with Gasteiger partial charge in [0.25, 0.3) is 5.91 Å². The molecule has 1 aromatic carbocycles. The second-order valence-electron chi connectivity index (χ2n) is 6.48. The van der Waals surface area contributed by atoms with Crippen molar-refractivity contribution in [1.29, 1.82) is 5.26 Å². The third-order valence-electron chi connectivity index (χ3n) is 4.48. The number of nitrogens with one attached hydrogen (secondary N) is 1. The number of nitrogens with zero attached hydrogens (tertiary/aromatic N) is 2. The van der Waals surface area contributed by atoms with Crippen LogP contribution in [0.5, 0.6) is 0 Å². The molecule has 3 rings (SSSR count). The van der Waals surface area contributed by atoms with E-state index in [2.05, 4.69) is 11.4 Å². The van der Waals surface area contributed by atoms with Gasteiger partial charge in [0.2, 0.25) is 0 Å². The second kappa shape index (κ2) is 7.45. The van der Waals surface area contributed by atoms with Crippen LogP contribution in [0.15, 0.2) is 48.2 Å². The molecule has 1 aliphatic rings. The van der Waals surface area contributed by atoms with Crippen molar-refractivity contribution in [3.8, 4) is 6.07 Å². The molecule has 0 radical (unpaired) electrons. The highest BCUT2D eigenvalue weighted by Gasteiger charge is 2.29. The average molecular weight is 384 g/mol. The molecule has 1 aliphatic heterocycles. The Morgan fingerprint density at radius 3 is 2.62 bits per heavy atom. The maximum absolute atomic E-state index is 12.5. The zero-order valence-corrected chi connectivity index (χ0v) is 16.1. The molecule has 0 spiro atoms. The number of aromatic nitrogens is 1. The molecule has 1 N–H and O–H groups in total. The number of carbonyl (C=O) groups excluding carboxylic acids is 1. The van der Waals surface area contributed by atoms with Crippen LogP contribution in [0.3, 0.4) is 0 Å². The van der Waals surface area contributed by atoms with Gasteiger partial charge in [-0.3, -0.25) is 4.79 Å². The second-order valence-corrected chi connectivity index (χ2v) is 7.30. The van der Waals surface area contributed by atoms with Crippen molar-refractivity contribution >= 4 is 35.3 Å². The van der Waals surface area contributed by atoms with Crippen LogP contribution >= 0.6 is 23.8 Å². The Morgan fingerprint density at radius 2 is 2.00 bits per heavy atom. The van der Waals surface area contributed by atoms with Crippen molar-refractivity contribution in [2.24, 2.45) is 0 Å². The predicted octanol–water partition coefficient (Wildman–Crippen LogP) is 4.99. The Hall–Kier alpha value is -2.42. The summed E-state index contributed by atoms with van der Waals surface area (Å²) >= 11 is 11.6. The van der Waals surface area contributed by atoms with E-state index in [1.165, 1.54) is 0 Å². The molecular weight excluding hydrogens is 366 g/mol. The molecule has 0 fully saturated rings. The standard InChI is InChI=1S/C20H18ClN3OS/c1-12(2)24-9-3-4-15(20(24)26)16-10-18(23-19(25)17(16)11-22)13-5-7-14(21)8-6-13/h3-9,12,18H,10H2,1-2H3,(H,23,25). The first-order valence-electron chi connectivity index (χ1n) is 8.33. The molecule has 0 bridgehead atoms. The Bertz CT molecular complexity index is 983. The SMILES string of the molecule is CC(C)n1cccc(C2=C(C#N)C(=O)NC(c3ccc(Cl)cc3)C2)c1=S. The van der Waals surface area contributed by atoms with Crippen LogP contribution in [0, 0.1) is 16.0 Å². The number of halogens is 1. The maximum Gasteiger partial charge on any atom is 0.262 e. The molecule has 1 unspecified atom stereocenters. The van der Waals surface area contributed by atoms with Crippen LogP contribution in [0.4, 0.5) is 0 Å². The number of pyridine rings is 1. The van der Waals surface area contributed by atoms with Gasteiger partial charge < -0.3 is 9.88 Å². The third kappa shape index (κ3) is 3.44. The Morgan fingerprint density at radius 1 is 1.31 bits per heavy atom. The third-order valence-corrected chi connectivity index (χ3v) is 5.17. The summed E-state index contributed by atoms with van der Waals surface area (Å²) in [6, 6.07) is 13.1. The van der Waals surface area contributed by atoms with Gasteiger partial charge >= 0.3 is 0 Å². The van der Waals surface area contributed by atoms with Crippen LogP contribution in [-0.2, 0) is 4.79 Å². The lowest BCUT2D eigenvalue weighted by atomic mass is 9.88. The highest BCUT2D eigenvalue weighted by Crippen LogP contribution is 2.35. The molecular formula is C20H18ClN3OS. The Balaban J connectivity index is 2.10. The van der Waals surface area contributed by atoms with Gasteiger partial charge in [-0.15, -0.1) is 0 Å². The molecule has 0 saturated carbocycles. The predicted molar refractivity (Wildman–Crippen MR) is 105 cm³/mol. The summed E-state index contributed by atoms with van der Waals surface area (Å²) in [6.45, 7) is 4.09. The summed E-state index contributed by atoms with van der Waals surface area (Å²) in [5, 5.41) is 13.1. The quantitative estimate of drug-likeness (QED) is 0.759. The van der Waals surface area contributed by atoms with Gasteiger partial charge in [0.15, 0.2) is 0 Å². The molecule has 2 heterocycles. The van der Waals surface area contributed by atoms with E-state index in [1.807, 2.05) is 48.9 Å². The van der Waals surface area contributed by atoms with Crippen LogP contribution < -0.4 is 5.32 Å². The van der Waals surface area contributed by atoms with Gasteiger partial charge in [-0.1, -0.05) is 42.0 Å². The topological polar surface area (TPSA) is 57.8 Å². The zero-order valence-electron chi connectivity index (χ0n) is 14.5. The van der Waals surface area contributed by atoms with Crippen LogP contribution in [0.2, 0.25) is 5.02 Å². The first kappa shape index (κ1) is 18.4. The fraction of sp³-hybridized carbons (Fsp3) is 0.250. The number of amides is 1. The number of hydrogen-bond acceptors (Lipinski definition) is 3. The van der Waals surface area contributed by atoms with Crippen molar-refractivity contribution in [3.63, 3.8) is 0 Å². The zero-order chi connectivity index (χ0) is 18.8. The minimum absolute atomic E-state index is 0.128. The normalized spacial score (nSPS) is 17.2. The van der Waals surface area contributed by atoms with E-state index >= 15 is 0 Å². The molecule has 26 heavy (non-hydrogen) atoms. The van der Waals surface area contributed by atoms with Crippen molar-refractivity contribution in [2.75, 3.05) is 0 Å². The van der Waals surface area contributed by atoms with Crippen molar-refractivity contribution in [3.05, 3.63) is 69.0 Å². The van der Waals surface area contributed by atoms with Gasteiger partial charge in [0.1, 0.15) is 16.3 Å². The van der Waals surface area contributed by atoms with Crippen LogP contribution in [0.25, 0.3) is 5.57 Å². The summed E-state index contributed by atoms with van der Waals surface area (Å²) in [5.74, 6) is -0.372. The molecule has 6 heteroatoms.